The minimum atomic E-state index is -3.07. The first kappa shape index (κ1) is 12.4. The number of thiocarbonyl (C=S) groups is 1. The summed E-state index contributed by atoms with van der Waals surface area (Å²) in [5.41, 5.74) is 0. The highest BCUT2D eigenvalue weighted by Crippen LogP contribution is 2.14. The first-order valence-electron chi connectivity index (χ1n) is 4.73. The van der Waals surface area contributed by atoms with Crippen molar-refractivity contribution in [1.82, 2.24) is 15.5 Å². The average Bonchev–Trinajstić information content (AvgIpc) is 2.73. The zero-order chi connectivity index (χ0) is 12.5. The van der Waals surface area contributed by atoms with Gasteiger partial charge in [-0.15, -0.1) is 10.2 Å². The molecule has 2 heterocycles. The van der Waals surface area contributed by atoms with E-state index in [1.165, 1.54) is 16.7 Å². The summed E-state index contributed by atoms with van der Waals surface area (Å²) in [6.45, 7) is 1.84. The summed E-state index contributed by atoms with van der Waals surface area (Å²) in [7, 11) is -3.07. The molecule has 0 unspecified atom stereocenters. The molecule has 1 aliphatic rings. The fourth-order valence-electron chi connectivity index (χ4n) is 1.31. The Kier molecular flexibility index (Phi) is 3.40. The van der Waals surface area contributed by atoms with Gasteiger partial charge >= 0.3 is 0 Å². The van der Waals surface area contributed by atoms with Gasteiger partial charge < -0.3 is 10.6 Å². The molecule has 1 aromatic rings. The predicted octanol–water partition coefficient (Wildman–Crippen LogP) is 0.444. The van der Waals surface area contributed by atoms with Crippen LogP contribution in [0.15, 0.2) is 11.5 Å². The molecule has 0 aromatic carbocycles. The molecule has 0 saturated carbocycles. The van der Waals surface area contributed by atoms with Gasteiger partial charge in [-0.3, -0.25) is 0 Å². The number of aryl methyl sites for hydroxylation is 1. The van der Waals surface area contributed by atoms with Crippen LogP contribution in [0.1, 0.15) is 5.01 Å². The van der Waals surface area contributed by atoms with E-state index in [0.29, 0.717) is 10.2 Å². The van der Waals surface area contributed by atoms with Crippen molar-refractivity contribution in [2.45, 2.75) is 13.0 Å². The Bertz CT molecular complexity index is 563. The van der Waals surface area contributed by atoms with Crippen molar-refractivity contribution in [3.8, 4) is 0 Å². The third kappa shape index (κ3) is 3.45. The summed E-state index contributed by atoms with van der Waals surface area (Å²) in [6.07, 6.45) is 1.58. The van der Waals surface area contributed by atoms with Gasteiger partial charge in [0.2, 0.25) is 5.13 Å². The van der Waals surface area contributed by atoms with E-state index in [2.05, 4.69) is 20.8 Å². The standard InChI is InChI=1S/C8H10N4O2S3/c1-5-11-12-8(16-5)10-7(15)9-6-2-3-17(13,14)4-6/h2-3,6H,4H2,1H3,(H2,9,10,12,15)/t6-/m1/s1. The van der Waals surface area contributed by atoms with Crippen LogP contribution in [0.25, 0.3) is 0 Å². The maximum absolute atomic E-state index is 11.2. The number of aromatic nitrogens is 2. The van der Waals surface area contributed by atoms with E-state index >= 15 is 0 Å². The number of sulfone groups is 1. The number of nitrogens with zero attached hydrogens (tertiary/aromatic N) is 2. The van der Waals surface area contributed by atoms with Gasteiger partial charge in [-0.2, -0.15) is 0 Å². The highest BCUT2D eigenvalue weighted by atomic mass is 32.2. The molecule has 1 aliphatic heterocycles. The van der Waals surface area contributed by atoms with Crippen LogP contribution in [0, 0.1) is 6.92 Å². The topological polar surface area (TPSA) is 84.0 Å². The molecule has 0 spiro atoms. The molecule has 6 nitrogen and oxygen atoms in total. The Morgan fingerprint density at radius 2 is 2.35 bits per heavy atom. The van der Waals surface area contributed by atoms with E-state index in [9.17, 15) is 8.42 Å². The van der Waals surface area contributed by atoms with Crippen LogP contribution in [0.4, 0.5) is 5.13 Å². The van der Waals surface area contributed by atoms with E-state index in [1.807, 2.05) is 6.92 Å². The van der Waals surface area contributed by atoms with Crippen molar-refractivity contribution in [3.63, 3.8) is 0 Å². The number of hydrogen-bond acceptors (Lipinski definition) is 6. The first-order valence-corrected chi connectivity index (χ1v) is 7.67. The van der Waals surface area contributed by atoms with Crippen molar-refractivity contribution >= 4 is 43.6 Å². The number of rotatable bonds is 2. The molecule has 0 fully saturated rings. The maximum Gasteiger partial charge on any atom is 0.211 e. The second kappa shape index (κ2) is 4.67. The van der Waals surface area contributed by atoms with Gasteiger partial charge in [-0.1, -0.05) is 11.3 Å². The van der Waals surface area contributed by atoms with Gasteiger partial charge in [-0.05, 0) is 25.2 Å². The lowest BCUT2D eigenvalue weighted by molar-refractivity contribution is 0.603. The van der Waals surface area contributed by atoms with E-state index < -0.39 is 9.84 Å². The van der Waals surface area contributed by atoms with Crippen LogP contribution in [0.3, 0.4) is 0 Å². The Balaban J connectivity index is 1.89. The van der Waals surface area contributed by atoms with Crippen molar-refractivity contribution in [2.75, 3.05) is 11.1 Å². The lowest BCUT2D eigenvalue weighted by Crippen LogP contribution is -2.38. The number of anilines is 1. The zero-order valence-electron chi connectivity index (χ0n) is 8.87. The van der Waals surface area contributed by atoms with Gasteiger partial charge in [-0.25, -0.2) is 8.42 Å². The largest absolute Gasteiger partial charge is 0.355 e. The van der Waals surface area contributed by atoms with Crippen LogP contribution in [-0.2, 0) is 9.84 Å². The molecule has 0 saturated heterocycles. The van der Waals surface area contributed by atoms with Gasteiger partial charge in [0, 0.05) is 5.41 Å². The molecular weight excluding hydrogens is 280 g/mol. The van der Waals surface area contributed by atoms with Crippen molar-refractivity contribution in [1.29, 1.82) is 0 Å². The summed E-state index contributed by atoms with van der Waals surface area (Å²) in [5, 5.41) is 16.4. The highest BCUT2D eigenvalue weighted by Gasteiger charge is 2.22. The minimum absolute atomic E-state index is 0.0317. The smallest absolute Gasteiger partial charge is 0.211 e. The van der Waals surface area contributed by atoms with Crippen LogP contribution >= 0.6 is 23.6 Å². The Morgan fingerprint density at radius 1 is 1.59 bits per heavy atom. The molecule has 2 rings (SSSR count). The molecule has 2 N–H and O–H groups in total. The summed E-state index contributed by atoms with van der Waals surface area (Å²) in [6, 6.07) is -0.283. The van der Waals surface area contributed by atoms with E-state index in [0.717, 1.165) is 5.01 Å². The zero-order valence-corrected chi connectivity index (χ0v) is 11.3. The third-order valence-corrected chi connectivity index (χ3v) is 4.36. The molecule has 1 atom stereocenters. The maximum atomic E-state index is 11.2. The summed E-state index contributed by atoms with van der Waals surface area (Å²) >= 11 is 6.42. The Labute approximate surface area is 108 Å². The molecule has 17 heavy (non-hydrogen) atoms. The van der Waals surface area contributed by atoms with E-state index in [1.54, 1.807) is 6.08 Å². The molecule has 9 heteroatoms. The minimum Gasteiger partial charge on any atom is -0.355 e. The fraction of sp³-hybridized carbons (Fsp3) is 0.375. The van der Waals surface area contributed by atoms with Crippen molar-refractivity contribution in [2.24, 2.45) is 0 Å². The molecule has 0 amide bonds. The van der Waals surface area contributed by atoms with Gasteiger partial charge in [0.15, 0.2) is 14.9 Å². The lowest BCUT2D eigenvalue weighted by Gasteiger charge is -2.12. The summed E-state index contributed by atoms with van der Waals surface area (Å²) in [4.78, 5) is 0. The van der Waals surface area contributed by atoms with Crippen molar-refractivity contribution in [3.05, 3.63) is 16.5 Å². The van der Waals surface area contributed by atoms with Crippen LogP contribution in [-0.4, -0.2) is 35.5 Å². The summed E-state index contributed by atoms with van der Waals surface area (Å²) < 4.78 is 22.3. The van der Waals surface area contributed by atoms with Gasteiger partial charge in [0.05, 0.1) is 11.8 Å². The van der Waals surface area contributed by atoms with E-state index in [4.69, 9.17) is 12.2 Å². The van der Waals surface area contributed by atoms with Gasteiger partial charge in [0.1, 0.15) is 5.01 Å². The number of hydrogen-bond donors (Lipinski definition) is 2. The lowest BCUT2D eigenvalue weighted by atomic mass is 10.3. The normalized spacial score (nSPS) is 21.4. The second-order valence-corrected chi connectivity index (χ2v) is 7.01. The first-order chi connectivity index (χ1) is 7.94. The quantitative estimate of drug-likeness (QED) is 0.765. The molecule has 0 aliphatic carbocycles. The number of nitrogens with one attached hydrogen (secondary N) is 2. The molecule has 0 bridgehead atoms. The van der Waals surface area contributed by atoms with E-state index in [-0.39, 0.29) is 11.8 Å². The summed E-state index contributed by atoms with van der Waals surface area (Å²) in [5.74, 6) is 0.0317. The highest BCUT2D eigenvalue weighted by molar-refractivity contribution is 7.94. The van der Waals surface area contributed by atoms with Gasteiger partial charge in [0.25, 0.3) is 0 Å². The molecule has 0 radical (unpaired) electrons. The van der Waals surface area contributed by atoms with Crippen LogP contribution < -0.4 is 10.6 Å². The monoisotopic (exact) mass is 290 g/mol. The van der Waals surface area contributed by atoms with Crippen LogP contribution in [0.5, 0.6) is 0 Å². The average molecular weight is 290 g/mol. The Hall–Kier alpha value is -1.06. The molecule has 1 aromatic heterocycles. The molecule has 92 valence electrons. The SMILES string of the molecule is Cc1nnc(NC(=S)N[C@@H]2C=CS(=O)(=O)C2)s1. The third-order valence-electron chi connectivity index (χ3n) is 1.99. The molecular formula is C8H10N4O2S3. The van der Waals surface area contributed by atoms with Crippen LogP contribution in [0.2, 0.25) is 0 Å². The second-order valence-electron chi connectivity index (χ2n) is 3.49. The fourth-order valence-corrected chi connectivity index (χ4v) is 3.46. The van der Waals surface area contributed by atoms with Crippen molar-refractivity contribution < 1.29 is 8.42 Å². The predicted molar refractivity (Wildman–Crippen MR) is 70.7 cm³/mol. The Morgan fingerprint density at radius 3 is 2.88 bits per heavy atom.